The zero-order valence-electron chi connectivity index (χ0n) is 11.2. The van der Waals surface area contributed by atoms with E-state index in [9.17, 15) is 4.79 Å². The summed E-state index contributed by atoms with van der Waals surface area (Å²) < 4.78 is 0. The largest absolute Gasteiger partial charge is 0.343 e. The summed E-state index contributed by atoms with van der Waals surface area (Å²) in [5, 5.41) is 6.23. The van der Waals surface area contributed by atoms with Crippen molar-refractivity contribution in [3.8, 4) is 0 Å². The monoisotopic (exact) mass is 264 g/mol. The zero-order chi connectivity index (χ0) is 13.1. The van der Waals surface area contributed by atoms with Gasteiger partial charge in [0.1, 0.15) is 5.01 Å². The maximum atomic E-state index is 12.1. The van der Waals surface area contributed by atoms with Gasteiger partial charge in [0.25, 0.3) is 0 Å². The molecule has 0 aromatic carbocycles. The van der Waals surface area contributed by atoms with Crippen molar-refractivity contribution < 1.29 is 4.79 Å². The van der Waals surface area contributed by atoms with E-state index in [4.69, 9.17) is 0 Å². The summed E-state index contributed by atoms with van der Waals surface area (Å²) in [4.78, 5) is 16.6. The topological polar surface area (TPSA) is 42.0 Å². The van der Waals surface area contributed by atoms with Gasteiger partial charge < -0.3 is 5.32 Å². The maximum absolute atomic E-state index is 12.1. The fourth-order valence-electron chi connectivity index (χ4n) is 1.98. The number of nitrogens with one attached hydrogen (secondary N) is 1. The summed E-state index contributed by atoms with van der Waals surface area (Å²) in [5.74, 6) is 0.621. The molecule has 98 valence electrons. The number of aromatic nitrogens is 1. The Morgan fingerprint density at radius 2 is 2.39 bits per heavy atom. The van der Waals surface area contributed by atoms with E-state index in [2.05, 4.69) is 10.3 Å². The summed E-state index contributed by atoms with van der Waals surface area (Å²) >= 11 is 1.65. The van der Waals surface area contributed by atoms with Crippen LogP contribution in [0.3, 0.4) is 0 Å². The van der Waals surface area contributed by atoms with E-state index in [0.717, 1.165) is 22.7 Å². The van der Waals surface area contributed by atoms with Crippen LogP contribution in [-0.2, 0) is 4.79 Å². The van der Waals surface area contributed by atoms with Gasteiger partial charge in [-0.25, -0.2) is 4.98 Å². The molecule has 4 heteroatoms. The second-order valence-electron chi connectivity index (χ2n) is 4.91. The third-order valence-corrected chi connectivity index (χ3v) is 4.20. The number of nitrogens with zero attached hydrogens (tertiary/aromatic N) is 1. The Bertz CT molecular complexity index is 460. The zero-order valence-corrected chi connectivity index (χ0v) is 12.0. The number of amides is 1. The third-order valence-electron chi connectivity index (χ3n) is 3.15. The molecular formula is C14H20N2OS. The van der Waals surface area contributed by atoms with Crippen molar-refractivity contribution in [2.24, 2.45) is 5.92 Å². The van der Waals surface area contributed by atoms with Crippen molar-refractivity contribution in [3.63, 3.8) is 0 Å². The number of carbonyl (C=O) groups excluding carboxylic acids is 1. The van der Waals surface area contributed by atoms with Crippen LogP contribution >= 0.6 is 11.3 Å². The van der Waals surface area contributed by atoms with Gasteiger partial charge in [-0.05, 0) is 39.0 Å². The van der Waals surface area contributed by atoms with Gasteiger partial charge >= 0.3 is 0 Å². The minimum Gasteiger partial charge on any atom is -0.343 e. The molecule has 0 unspecified atom stereocenters. The first-order chi connectivity index (χ1) is 8.61. The lowest BCUT2D eigenvalue weighted by atomic mass is 10.1. The molecule has 18 heavy (non-hydrogen) atoms. The van der Waals surface area contributed by atoms with E-state index >= 15 is 0 Å². The Labute approximate surface area is 112 Å². The van der Waals surface area contributed by atoms with Crippen molar-refractivity contribution in [1.82, 2.24) is 10.3 Å². The third kappa shape index (κ3) is 3.19. The van der Waals surface area contributed by atoms with E-state index in [1.807, 2.05) is 32.2 Å². The number of hydrogen-bond donors (Lipinski definition) is 1. The van der Waals surface area contributed by atoms with Crippen molar-refractivity contribution in [1.29, 1.82) is 0 Å². The first-order valence-electron chi connectivity index (χ1n) is 6.51. The normalized spacial score (nSPS) is 17.6. The molecule has 1 saturated carbocycles. The molecule has 1 aliphatic rings. The Hall–Kier alpha value is -1.16. The molecule has 3 nitrogen and oxygen atoms in total. The molecule has 1 aromatic heterocycles. The number of allylic oxidation sites excluding steroid dienone is 1. The van der Waals surface area contributed by atoms with Crippen molar-refractivity contribution in [2.45, 2.75) is 46.1 Å². The van der Waals surface area contributed by atoms with Crippen LogP contribution < -0.4 is 5.32 Å². The van der Waals surface area contributed by atoms with Gasteiger partial charge in [-0.1, -0.05) is 13.0 Å². The van der Waals surface area contributed by atoms with Gasteiger partial charge in [-0.3, -0.25) is 4.79 Å². The van der Waals surface area contributed by atoms with E-state index in [1.54, 1.807) is 11.3 Å². The Morgan fingerprint density at radius 1 is 1.67 bits per heavy atom. The van der Waals surface area contributed by atoms with Crippen LogP contribution in [0.15, 0.2) is 17.0 Å². The first-order valence-corrected chi connectivity index (χ1v) is 7.39. The van der Waals surface area contributed by atoms with Gasteiger partial charge in [0.05, 0.1) is 6.04 Å². The lowest BCUT2D eigenvalue weighted by Gasteiger charge is -2.16. The van der Waals surface area contributed by atoms with Crippen LogP contribution in [0.25, 0.3) is 0 Å². The summed E-state index contributed by atoms with van der Waals surface area (Å²) in [6.07, 6.45) is 5.25. The number of hydrogen-bond acceptors (Lipinski definition) is 3. The second-order valence-corrected chi connectivity index (χ2v) is 5.80. The Balaban J connectivity index is 2.08. The Morgan fingerprint density at radius 3 is 2.89 bits per heavy atom. The maximum Gasteiger partial charge on any atom is 0.247 e. The predicted octanol–water partition coefficient (Wildman–Crippen LogP) is 3.38. The molecule has 1 amide bonds. The SMILES string of the molecule is CC/C=C(\C)C(=O)N[C@@H](c1nc(C)cs1)C1CC1. The minimum atomic E-state index is 0.0432. The highest BCUT2D eigenvalue weighted by Crippen LogP contribution is 2.41. The first kappa shape index (κ1) is 13.3. The predicted molar refractivity (Wildman–Crippen MR) is 74.5 cm³/mol. The molecular weight excluding hydrogens is 244 g/mol. The standard InChI is InChI=1S/C14H20N2OS/c1-4-5-9(2)13(17)16-12(11-6-7-11)14-15-10(3)8-18-14/h5,8,11-12H,4,6-7H2,1-3H3,(H,16,17)/b9-5+/t12-/m1/s1. The molecule has 1 N–H and O–H groups in total. The molecule has 1 heterocycles. The van der Waals surface area contributed by atoms with Crippen LogP contribution in [-0.4, -0.2) is 10.9 Å². The molecule has 1 aliphatic carbocycles. The number of thiazole rings is 1. The quantitative estimate of drug-likeness (QED) is 0.828. The van der Waals surface area contributed by atoms with Gasteiger partial charge in [0.15, 0.2) is 0 Å². The van der Waals surface area contributed by atoms with Crippen LogP contribution in [0.1, 0.15) is 49.9 Å². The minimum absolute atomic E-state index is 0.0432. The average Bonchev–Trinajstić information content (AvgIpc) is 3.08. The highest BCUT2D eigenvalue weighted by molar-refractivity contribution is 7.09. The molecule has 0 saturated heterocycles. The summed E-state index contributed by atoms with van der Waals surface area (Å²) in [6, 6.07) is 0.108. The highest BCUT2D eigenvalue weighted by atomic mass is 32.1. The average molecular weight is 264 g/mol. The van der Waals surface area contributed by atoms with E-state index in [0.29, 0.717) is 5.92 Å². The Kier molecular flexibility index (Phi) is 4.17. The lowest BCUT2D eigenvalue weighted by Crippen LogP contribution is -2.30. The van der Waals surface area contributed by atoms with Crippen LogP contribution in [0.5, 0.6) is 0 Å². The number of aryl methyl sites for hydroxylation is 1. The summed E-state index contributed by atoms with van der Waals surface area (Å²) in [7, 11) is 0. The fourth-order valence-corrected chi connectivity index (χ4v) is 2.92. The molecule has 1 fully saturated rings. The molecule has 2 rings (SSSR count). The molecule has 1 atom stereocenters. The molecule has 0 bridgehead atoms. The molecule has 1 aromatic rings. The molecule has 0 aliphatic heterocycles. The van der Waals surface area contributed by atoms with Gasteiger partial charge in [-0.15, -0.1) is 11.3 Å². The van der Waals surface area contributed by atoms with E-state index < -0.39 is 0 Å². The molecule has 0 spiro atoms. The van der Waals surface area contributed by atoms with Gasteiger partial charge in [0, 0.05) is 16.6 Å². The van der Waals surface area contributed by atoms with Crippen LogP contribution in [0.4, 0.5) is 0 Å². The van der Waals surface area contributed by atoms with Gasteiger partial charge in [0.2, 0.25) is 5.91 Å². The van der Waals surface area contributed by atoms with Gasteiger partial charge in [-0.2, -0.15) is 0 Å². The smallest absolute Gasteiger partial charge is 0.247 e. The lowest BCUT2D eigenvalue weighted by molar-refractivity contribution is -0.118. The number of carbonyl (C=O) groups is 1. The summed E-state index contributed by atoms with van der Waals surface area (Å²) in [5.41, 5.74) is 1.84. The van der Waals surface area contributed by atoms with Crippen LogP contribution in [0, 0.1) is 12.8 Å². The van der Waals surface area contributed by atoms with E-state index in [1.165, 1.54) is 12.8 Å². The summed E-state index contributed by atoms with van der Waals surface area (Å²) in [6.45, 7) is 5.91. The second kappa shape index (κ2) is 5.65. The number of rotatable bonds is 5. The van der Waals surface area contributed by atoms with Crippen LogP contribution in [0.2, 0.25) is 0 Å². The molecule has 0 radical (unpaired) electrons. The van der Waals surface area contributed by atoms with Crippen molar-refractivity contribution in [3.05, 3.63) is 27.7 Å². The fraction of sp³-hybridized carbons (Fsp3) is 0.571. The highest BCUT2D eigenvalue weighted by Gasteiger charge is 2.35. The van der Waals surface area contributed by atoms with Crippen molar-refractivity contribution >= 4 is 17.2 Å². The van der Waals surface area contributed by atoms with Crippen molar-refractivity contribution in [2.75, 3.05) is 0 Å². The van der Waals surface area contributed by atoms with E-state index in [-0.39, 0.29) is 11.9 Å².